The summed E-state index contributed by atoms with van der Waals surface area (Å²) in [6.45, 7) is 0. The van der Waals surface area contributed by atoms with Crippen LogP contribution in [0.5, 0.6) is 5.75 Å². The molecule has 0 bridgehead atoms. The Morgan fingerprint density at radius 3 is 2.65 bits per heavy atom. The molecule has 0 spiro atoms. The summed E-state index contributed by atoms with van der Waals surface area (Å²) in [5.41, 5.74) is 0.729. The topological polar surface area (TPSA) is 77.8 Å². The minimum absolute atomic E-state index is 0.0849. The van der Waals surface area contributed by atoms with E-state index in [1.54, 1.807) is 23.1 Å². The van der Waals surface area contributed by atoms with Crippen LogP contribution >= 0.6 is 0 Å². The molecule has 1 amide bonds. The molecule has 1 heterocycles. The Bertz CT molecular complexity index is 600. The summed E-state index contributed by atoms with van der Waals surface area (Å²) < 4.78 is 0. The van der Waals surface area contributed by atoms with Crippen LogP contribution in [-0.4, -0.2) is 39.1 Å². The summed E-state index contributed by atoms with van der Waals surface area (Å²) in [6, 6.07) is 6.37. The van der Waals surface area contributed by atoms with Gasteiger partial charge in [-0.2, -0.15) is 0 Å². The Morgan fingerprint density at radius 2 is 1.91 bits per heavy atom. The van der Waals surface area contributed by atoms with Gasteiger partial charge in [0.1, 0.15) is 11.8 Å². The average molecular weight is 317 g/mol. The van der Waals surface area contributed by atoms with E-state index in [9.17, 15) is 19.8 Å². The van der Waals surface area contributed by atoms with Crippen molar-refractivity contribution in [1.29, 1.82) is 0 Å². The lowest BCUT2D eigenvalue weighted by atomic mass is 9.84. The van der Waals surface area contributed by atoms with Crippen LogP contribution in [0.25, 0.3) is 0 Å². The number of benzene rings is 1. The molecule has 5 nitrogen and oxygen atoms in total. The van der Waals surface area contributed by atoms with Crippen LogP contribution < -0.4 is 0 Å². The van der Waals surface area contributed by atoms with E-state index in [0.29, 0.717) is 18.8 Å². The summed E-state index contributed by atoms with van der Waals surface area (Å²) in [5.74, 6) is -0.476. The molecule has 5 heteroatoms. The predicted molar refractivity (Wildman–Crippen MR) is 85.1 cm³/mol. The van der Waals surface area contributed by atoms with Gasteiger partial charge in [0.25, 0.3) is 0 Å². The van der Waals surface area contributed by atoms with E-state index in [1.165, 1.54) is 0 Å². The number of aliphatic carboxylic acids is 1. The van der Waals surface area contributed by atoms with Crippen molar-refractivity contribution in [3.05, 3.63) is 29.8 Å². The molecule has 124 valence electrons. The Hall–Kier alpha value is -2.04. The molecular weight excluding hydrogens is 294 g/mol. The number of hydrogen-bond acceptors (Lipinski definition) is 3. The predicted octanol–water partition coefficient (Wildman–Crippen LogP) is 2.57. The SMILES string of the molecule is O=C(O)C1CC2CCCCC2N1C(=O)CCc1ccccc1O. The number of fused-ring (bicyclic) bond motifs is 1. The molecule has 1 saturated carbocycles. The van der Waals surface area contributed by atoms with Gasteiger partial charge in [0.15, 0.2) is 0 Å². The molecule has 2 fully saturated rings. The number of phenolic OH excluding ortho intramolecular Hbond substituents is 1. The minimum atomic E-state index is -0.893. The molecule has 3 unspecified atom stereocenters. The highest BCUT2D eigenvalue weighted by molar-refractivity contribution is 5.85. The van der Waals surface area contributed by atoms with E-state index < -0.39 is 12.0 Å². The molecule has 3 atom stereocenters. The maximum absolute atomic E-state index is 12.7. The first kappa shape index (κ1) is 15.8. The fourth-order valence-electron chi connectivity index (χ4n) is 4.13. The van der Waals surface area contributed by atoms with Gasteiger partial charge >= 0.3 is 5.97 Å². The Balaban J connectivity index is 1.71. The van der Waals surface area contributed by atoms with Gasteiger partial charge in [0, 0.05) is 12.5 Å². The highest BCUT2D eigenvalue weighted by atomic mass is 16.4. The number of para-hydroxylation sites is 1. The van der Waals surface area contributed by atoms with Crippen LogP contribution in [-0.2, 0) is 16.0 Å². The zero-order chi connectivity index (χ0) is 16.4. The van der Waals surface area contributed by atoms with E-state index in [1.807, 2.05) is 6.07 Å². The van der Waals surface area contributed by atoms with Gasteiger partial charge in [0.05, 0.1) is 0 Å². The molecule has 2 N–H and O–H groups in total. The first-order chi connectivity index (χ1) is 11.1. The number of aromatic hydroxyl groups is 1. The third-order valence-electron chi connectivity index (χ3n) is 5.26. The number of amides is 1. The van der Waals surface area contributed by atoms with Gasteiger partial charge in [-0.25, -0.2) is 4.79 Å². The van der Waals surface area contributed by atoms with Crippen molar-refractivity contribution in [2.75, 3.05) is 0 Å². The van der Waals surface area contributed by atoms with E-state index in [4.69, 9.17) is 0 Å². The second kappa shape index (κ2) is 6.60. The number of rotatable bonds is 4. The number of carboxylic acids is 1. The second-order valence-corrected chi connectivity index (χ2v) is 6.63. The van der Waals surface area contributed by atoms with Crippen molar-refractivity contribution in [3.63, 3.8) is 0 Å². The number of carbonyl (C=O) groups excluding carboxylic acids is 1. The molecule has 1 aliphatic heterocycles. The van der Waals surface area contributed by atoms with Gasteiger partial charge in [0.2, 0.25) is 5.91 Å². The van der Waals surface area contributed by atoms with Crippen molar-refractivity contribution in [1.82, 2.24) is 4.90 Å². The number of carbonyl (C=O) groups is 2. The van der Waals surface area contributed by atoms with Crippen LogP contribution in [0.1, 0.15) is 44.1 Å². The Morgan fingerprint density at radius 1 is 1.17 bits per heavy atom. The van der Waals surface area contributed by atoms with Crippen molar-refractivity contribution < 1.29 is 19.8 Å². The van der Waals surface area contributed by atoms with Crippen molar-refractivity contribution in [2.24, 2.45) is 5.92 Å². The van der Waals surface area contributed by atoms with Crippen LogP contribution in [0.3, 0.4) is 0 Å². The Labute approximate surface area is 135 Å². The van der Waals surface area contributed by atoms with E-state index in [0.717, 1.165) is 31.2 Å². The molecule has 0 aromatic heterocycles. The fourth-order valence-corrected chi connectivity index (χ4v) is 4.13. The molecule has 23 heavy (non-hydrogen) atoms. The molecule has 2 aliphatic rings. The zero-order valence-corrected chi connectivity index (χ0v) is 13.1. The summed E-state index contributed by atoms with van der Waals surface area (Å²) in [4.78, 5) is 25.9. The maximum Gasteiger partial charge on any atom is 0.326 e. The van der Waals surface area contributed by atoms with Crippen LogP contribution in [0, 0.1) is 5.92 Å². The third-order valence-corrected chi connectivity index (χ3v) is 5.26. The van der Waals surface area contributed by atoms with Crippen molar-refractivity contribution >= 4 is 11.9 Å². The minimum Gasteiger partial charge on any atom is -0.508 e. The summed E-state index contributed by atoms with van der Waals surface area (Å²) in [5, 5.41) is 19.3. The normalized spacial score (nSPS) is 26.8. The van der Waals surface area contributed by atoms with E-state index >= 15 is 0 Å². The smallest absolute Gasteiger partial charge is 0.326 e. The molecular formula is C18H23NO4. The van der Waals surface area contributed by atoms with Gasteiger partial charge in [-0.1, -0.05) is 31.0 Å². The van der Waals surface area contributed by atoms with Crippen molar-refractivity contribution in [3.8, 4) is 5.75 Å². The average Bonchev–Trinajstić information content (AvgIpc) is 2.93. The number of nitrogens with zero attached hydrogens (tertiary/aromatic N) is 1. The molecule has 1 aliphatic carbocycles. The van der Waals surface area contributed by atoms with Crippen LogP contribution in [0.2, 0.25) is 0 Å². The summed E-state index contributed by atoms with van der Waals surface area (Å²) in [7, 11) is 0. The number of carboxylic acid groups (broad SMARTS) is 1. The monoisotopic (exact) mass is 317 g/mol. The largest absolute Gasteiger partial charge is 0.508 e. The summed E-state index contributed by atoms with van der Waals surface area (Å²) >= 11 is 0. The van der Waals surface area contributed by atoms with Gasteiger partial charge < -0.3 is 15.1 Å². The molecule has 0 radical (unpaired) electrons. The highest BCUT2D eigenvalue weighted by Gasteiger charge is 2.47. The van der Waals surface area contributed by atoms with Crippen molar-refractivity contribution in [2.45, 2.75) is 57.0 Å². The van der Waals surface area contributed by atoms with Crippen LogP contribution in [0.15, 0.2) is 24.3 Å². The molecule has 1 aromatic carbocycles. The number of phenols is 1. The Kier molecular flexibility index (Phi) is 4.55. The van der Waals surface area contributed by atoms with E-state index in [-0.39, 0.29) is 24.1 Å². The third kappa shape index (κ3) is 3.19. The lowest BCUT2D eigenvalue weighted by Gasteiger charge is -2.33. The maximum atomic E-state index is 12.7. The highest BCUT2D eigenvalue weighted by Crippen LogP contribution is 2.40. The zero-order valence-electron chi connectivity index (χ0n) is 13.1. The quantitative estimate of drug-likeness (QED) is 0.894. The lowest BCUT2D eigenvalue weighted by Crippen LogP contribution is -2.46. The second-order valence-electron chi connectivity index (χ2n) is 6.63. The van der Waals surface area contributed by atoms with Gasteiger partial charge in [-0.15, -0.1) is 0 Å². The van der Waals surface area contributed by atoms with E-state index in [2.05, 4.69) is 0 Å². The standard InChI is InChI=1S/C18H23NO4/c20-16-8-4-2-5-12(16)9-10-17(21)19-14-7-3-1-6-13(14)11-15(19)18(22)23/h2,4-5,8,13-15,20H,1,3,6-7,9-11H2,(H,22,23). The fraction of sp³-hybridized carbons (Fsp3) is 0.556. The number of likely N-dealkylation sites (tertiary alicyclic amines) is 1. The molecule has 3 rings (SSSR count). The van der Waals surface area contributed by atoms with Crippen LogP contribution in [0.4, 0.5) is 0 Å². The first-order valence-corrected chi connectivity index (χ1v) is 8.38. The number of hydrogen-bond donors (Lipinski definition) is 2. The first-order valence-electron chi connectivity index (χ1n) is 8.38. The lowest BCUT2D eigenvalue weighted by molar-refractivity contribution is -0.149. The van der Waals surface area contributed by atoms with Gasteiger partial charge in [-0.3, -0.25) is 4.79 Å². The molecule has 1 saturated heterocycles. The summed E-state index contributed by atoms with van der Waals surface area (Å²) in [6.07, 6.45) is 5.40. The molecule has 1 aromatic rings. The van der Waals surface area contributed by atoms with Gasteiger partial charge in [-0.05, 0) is 43.2 Å². The number of aryl methyl sites for hydroxylation is 1.